The molecule has 0 aliphatic carbocycles. The molecule has 0 spiro atoms. The van der Waals surface area contributed by atoms with E-state index in [0.29, 0.717) is 19.8 Å². The van der Waals surface area contributed by atoms with Crippen molar-refractivity contribution in [2.75, 3.05) is 6.61 Å². The van der Waals surface area contributed by atoms with Crippen LogP contribution >= 0.6 is 0 Å². The zero-order valence-electron chi connectivity index (χ0n) is 17.0. The molecule has 2 aromatic rings. The Bertz CT molecular complexity index is 807. The lowest BCUT2D eigenvalue weighted by Crippen LogP contribution is -2.48. The molecule has 0 N–H and O–H groups in total. The van der Waals surface area contributed by atoms with Gasteiger partial charge in [-0.1, -0.05) is 66.7 Å². The molecule has 0 amide bonds. The van der Waals surface area contributed by atoms with E-state index in [1.807, 2.05) is 74.5 Å². The van der Waals surface area contributed by atoms with Crippen LogP contribution in [-0.4, -0.2) is 36.5 Å². The van der Waals surface area contributed by atoms with Gasteiger partial charge in [0.1, 0.15) is 17.8 Å². The standard InChI is InChI=1S/C24H28O5/c1-4-24(17-25-15-18-11-7-5-8-12-18)21(26-16-19-13-9-6-10-14-19)20-22(29-24)28-23(2,3)27-20/h4-14,20-22H,1,15-17H2,2-3H3/t20?,21-,22-,24-/m1/s1. The highest BCUT2D eigenvalue weighted by Crippen LogP contribution is 2.44. The van der Waals surface area contributed by atoms with E-state index in [1.165, 1.54) is 0 Å². The zero-order chi connectivity index (χ0) is 20.3. The summed E-state index contributed by atoms with van der Waals surface area (Å²) in [6.07, 6.45) is 0.477. The van der Waals surface area contributed by atoms with Crippen LogP contribution in [0.2, 0.25) is 0 Å². The van der Waals surface area contributed by atoms with E-state index in [2.05, 4.69) is 6.58 Å². The van der Waals surface area contributed by atoms with E-state index >= 15 is 0 Å². The first-order valence-electron chi connectivity index (χ1n) is 9.96. The van der Waals surface area contributed by atoms with Gasteiger partial charge in [0.15, 0.2) is 12.1 Å². The number of hydrogen-bond donors (Lipinski definition) is 0. The Balaban J connectivity index is 1.49. The molecule has 2 aliphatic rings. The van der Waals surface area contributed by atoms with Gasteiger partial charge < -0.3 is 23.7 Å². The Hall–Kier alpha value is -2.02. The van der Waals surface area contributed by atoms with Gasteiger partial charge in [-0.05, 0) is 25.0 Å². The first kappa shape index (κ1) is 20.3. The molecular formula is C24H28O5. The van der Waals surface area contributed by atoms with Crippen LogP contribution < -0.4 is 0 Å². The van der Waals surface area contributed by atoms with Crippen LogP contribution in [0, 0.1) is 0 Å². The van der Waals surface area contributed by atoms with E-state index in [1.54, 1.807) is 6.08 Å². The Morgan fingerprint density at radius 2 is 1.52 bits per heavy atom. The van der Waals surface area contributed by atoms with Crippen molar-refractivity contribution in [3.05, 3.63) is 84.4 Å². The molecule has 2 saturated heterocycles. The lowest BCUT2D eigenvalue weighted by atomic mass is 9.95. The molecule has 5 nitrogen and oxygen atoms in total. The minimum absolute atomic E-state index is 0.297. The van der Waals surface area contributed by atoms with Gasteiger partial charge in [-0.25, -0.2) is 0 Å². The number of hydrogen-bond acceptors (Lipinski definition) is 5. The second kappa shape index (κ2) is 8.38. The number of ether oxygens (including phenoxy) is 5. The van der Waals surface area contributed by atoms with Gasteiger partial charge in [0, 0.05) is 0 Å². The van der Waals surface area contributed by atoms with Gasteiger partial charge in [-0.15, -0.1) is 6.58 Å². The first-order valence-corrected chi connectivity index (χ1v) is 9.96. The van der Waals surface area contributed by atoms with E-state index in [4.69, 9.17) is 23.7 Å². The summed E-state index contributed by atoms with van der Waals surface area (Å²) in [7, 11) is 0. The molecule has 2 aromatic carbocycles. The summed E-state index contributed by atoms with van der Waals surface area (Å²) in [5.74, 6) is -0.720. The average Bonchev–Trinajstić information content (AvgIpc) is 3.17. The van der Waals surface area contributed by atoms with Crippen molar-refractivity contribution in [3.8, 4) is 0 Å². The molecule has 4 rings (SSSR count). The van der Waals surface area contributed by atoms with E-state index in [-0.39, 0.29) is 6.10 Å². The van der Waals surface area contributed by atoms with Gasteiger partial charge in [0.25, 0.3) is 0 Å². The highest BCUT2D eigenvalue weighted by atomic mass is 16.8. The summed E-state index contributed by atoms with van der Waals surface area (Å²) >= 11 is 0. The lowest BCUT2D eigenvalue weighted by Gasteiger charge is -2.34. The molecule has 0 radical (unpaired) electrons. The Morgan fingerprint density at radius 3 is 2.14 bits per heavy atom. The molecule has 154 valence electrons. The predicted molar refractivity (Wildman–Crippen MR) is 109 cm³/mol. The van der Waals surface area contributed by atoms with Crippen LogP contribution in [0.4, 0.5) is 0 Å². The van der Waals surface area contributed by atoms with Gasteiger partial charge in [-0.2, -0.15) is 0 Å². The van der Waals surface area contributed by atoms with Gasteiger partial charge in [0.05, 0.1) is 19.8 Å². The predicted octanol–water partition coefficient (Wildman–Crippen LogP) is 4.22. The highest BCUT2D eigenvalue weighted by Gasteiger charge is 2.61. The van der Waals surface area contributed by atoms with Crippen molar-refractivity contribution in [1.82, 2.24) is 0 Å². The fraction of sp³-hybridized carbons (Fsp3) is 0.417. The van der Waals surface area contributed by atoms with Crippen molar-refractivity contribution in [2.45, 2.75) is 56.9 Å². The summed E-state index contributed by atoms with van der Waals surface area (Å²) < 4.78 is 30.7. The smallest absolute Gasteiger partial charge is 0.191 e. The molecule has 0 bridgehead atoms. The van der Waals surface area contributed by atoms with Crippen molar-refractivity contribution in [2.24, 2.45) is 0 Å². The van der Waals surface area contributed by atoms with Crippen molar-refractivity contribution >= 4 is 0 Å². The van der Waals surface area contributed by atoms with Crippen molar-refractivity contribution in [1.29, 1.82) is 0 Å². The molecule has 2 fully saturated rings. The maximum atomic E-state index is 6.32. The van der Waals surface area contributed by atoms with Gasteiger partial charge in [0.2, 0.25) is 0 Å². The fourth-order valence-corrected chi connectivity index (χ4v) is 3.85. The molecule has 2 heterocycles. The molecular weight excluding hydrogens is 368 g/mol. The third-order valence-electron chi connectivity index (χ3n) is 5.26. The minimum atomic E-state index is -0.852. The second-order valence-electron chi connectivity index (χ2n) is 7.94. The molecule has 29 heavy (non-hydrogen) atoms. The van der Waals surface area contributed by atoms with Gasteiger partial charge in [-0.3, -0.25) is 0 Å². The zero-order valence-corrected chi connectivity index (χ0v) is 17.0. The minimum Gasteiger partial charge on any atom is -0.373 e. The summed E-state index contributed by atoms with van der Waals surface area (Å²) in [4.78, 5) is 0. The molecule has 5 heteroatoms. The normalized spacial score (nSPS) is 30.2. The summed E-state index contributed by atoms with van der Waals surface area (Å²) in [6.45, 7) is 8.99. The van der Waals surface area contributed by atoms with Crippen LogP contribution in [0.5, 0.6) is 0 Å². The Kier molecular flexibility index (Phi) is 5.86. The lowest BCUT2D eigenvalue weighted by molar-refractivity contribution is -0.243. The maximum Gasteiger partial charge on any atom is 0.191 e. The average molecular weight is 396 g/mol. The number of benzene rings is 2. The van der Waals surface area contributed by atoms with Crippen LogP contribution in [0.15, 0.2) is 73.3 Å². The number of rotatable bonds is 8. The van der Waals surface area contributed by atoms with Crippen LogP contribution in [-0.2, 0) is 36.9 Å². The van der Waals surface area contributed by atoms with E-state index in [0.717, 1.165) is 11.1 Å². The highest BCUT2D eigenvalue weighted by molar-refractivity contribution is 5.17. The van der Waals surface area contributed by atoms with Gasteiger partial charge >= 0.3 is 0 Å². The number of fused-ring (bicyclic) bond motifs is 1. The monoisotopic (exact) mass is 396 g/mol. The summed E-state index contributed by atoms with van der Waals surface area (Å²) in [5.41, 5.74) is 1.33. The van der Waals surface area contributed by atoms with Crippen molar-refractivity contribution < 1.29 is 23.7 Å². The topological polar surface area (TPSA) is 46.2 Å². The van der Waals surface area contributed by atoms with Crippen LogP contribution in [0.3, 0.4) is 0 Å². The van der Waals surface area contributed by atoms with E-state index < -0.39 is 23.8 Å². The SMILES string of the molecule is C=C[C@]1(COCc2ccccc2)O[C@H]2OC(C)(C)OC2[C@H]1OCc1ccccc1. The quantitative estimate of drug-likeness (QED) is 0.625. The van der Waals surface area contributed by atoms with Crippen molar-refractivity contribution in [3.63, 3.8) is 0 Å². The Morgan fingerprint density at radius 1 is 0.897 bits per heavy atom. The molecule has 1 unspecified atom stereocenters. The summed E-state index contributed by atoms with van der Waals surface area (Å²) in [6, 6.07) is 20.1. The van der Waals surface area contributed by atoms with Crippen LogP contribution in [0.1, 0.15) is 25.0 Å². The molecule has 4 atom stereocenters. The van der Waals surface area contributed by atoms with Crippen LogP contribution in [0.25, 0.3) is 0 Å². The first-order chi connectivity index (χ1) is 14.0. The molecule has 2 aliphatic heterocycles. The Labute approximate surface area is 172 Å². The largest absolute Gasteiger partial charge is 0.373 e. The summed E-state index contributed by atoms with van der Waals surface area (Å²) in [5, 5.41) is 0. The molecule has 0 aromatic heterocycles. The third-order valence-corrected chi connectivity index (χ3v) is 5.26. The molecule has 0 saturated carbocycles. The third kappa shape index (κ3) is 4.44. The maximum absolute atomic E-state index is 6.32. The fourth-order valence-electron chi connectivity index (χ4n) is 3.85. The van der Waals surface area contributed by atoms with E-state index in [9.17, 15) is 0 Å². The second-order valence-corrected chi connectivity index (χ2v) is 7.94.